The van der Waals surface area contributed by atoms with Crippen molar-refractivity contribution in [2.24, 2.45) is 0 Å². The van der Waals surface area contributed by atoms with Crippen LogP contribution in [0.15, 0.2) is 73.1 Å². The van der Waals surface area contributed by atoms with Gasteiger partial charge in [-0.1, -0.05) is 43.3 Å². The van der Waals surface area contributed by atoms with Gasteiger partial charge in [0.05, 0.1) is 26.3 Å². The Morgan fingerprint density at radius 2 is 1.40 bits per heavy atom. The largest absolute Gasteiger partial charge is 0.254 e. The number of hydrogen-bond acceptors (Lipinski definition) is 4. The van der Waals surface area contributed by atoms with Crippen LogP contribution in [0.1, 0.15) is 11.9 Å². The van der Waals surface area contributed by atoms with E-state index in [9.17, 15) is 0 Å². The van der Waals surface area contributed by atoms with Gasteiger partial charge in [0, 0.05) is 23.2 Å². The second-order valence-electron chi connectivity index (χ2n) is 5.64. The SMILES string of the molecule is CCc1nc2ccccc2s1.c1cnc2c(c1)ccc1cccnc12. The zero-order valence-electron chi connectivity index (χ0n) is 13.9. The van der Waals surface area contributed by atoms with Crippen LogP contribution in [-0.2, 0) is 6.42 Å². The van der Waals surface area contributed by atoms with Crippen molar-refractivity contribution in [2.45, 2.75) is 13.3 Å². The molecule has 0 N–H and O–H groups in total. The van der Waals surface area contributed by atoms with E-state index >= 15 is 0 Å². The summed E-state index contributed by atoms with van der Waals surface area (Å²) in [7, 11) is 0. The molecule has 0 radical (unpaired) electrons. The van der Waals surface area contributed by atoms with Crippen LogP contribution in [-0.4, -0.2) is 15.0 Å². The van der Waals surface area contributed by atoms with Gasteiger partial charge in [0.2, 0.25) is 0 Å². The first-order chi connectivity index (χ1) is 12.3. The molecule has 0 aliphatic carbocycles. The summed E-state index contributed by atoms with van der Waals surface area (Å²) in [5.41, 5.74) is 3.09. The van der Waals surface area contributed by atoms with Crippen molar-refractivity contribution < 1.29 is 0 Å². The van der Waals surface area contributed by atoms with Gasteiger partial charge in [-0.2, -0.15) is 0 Å². The van der Waals surface area contributed by atoms with E-state index < -0.39 is 0 Å². The van der Waals surface area contributed by atoms with Crippen molar-refractivity contribution in [3.05, 3.63) is 78.1 Å². The third-order valence-corrected chi connectivity index (χ3v) is 5.17. The molecule has 0 amide bonds. The van der Waals surface area contributed by atoms with E-state index in [1.54, 1.807) is 23.7 Å². The number of benzene rings is 2. The van der Waals surface area contributed by atoms with Crippen molar-refractivity contribution in [3.63, 3.8) is 0 Å². The quantitative estimate of drug-likeness (QED) is 0.370. The molecule has 5 rings (SSSR count). The minimum absolute atomic E-state index is 0.977. The predicted molar refractivity (Wildman–Crippen MR) is 106 cm³/mol. The Labute approximate surface area is 150 Å². The normalized spacial score (nSPS) is 10.8. The highest BCUT2D eigenvalue weighted by Crippen LogP contribution is 2.21. The molecule has 2 aromatic carbocycles. The maximum absolute atomic E-state index is 4.45. The fourth-order valence-corrected chi connectivity index (χ4v) is 3.66. The molecule has 5 aromatic rings. The highest BCUT2D eigenvalue weighted by atomic mass is 32.1. The number of aryl methyl sites for hydroxylation is 1. The Balaban J connectivity index is 0.000000129. The van der Waals surface area contributed by atoms with Gasteiger partial charge in [0.15, 0.2) is 0 Å². The molecular formula is C21H17N3S. The fraction of sp³-hybridized carbons (Fsp3) is 0.0952. The number of para-hydroxylation sites is 1. The van der Waals surface area contributed by atoms with Crippen LogP contribution in [0.25, 0.3) is 32.0 Å². The summed E-state index contributed by atoms with van der Waals surface area (Å²) in [5, 5.41) is 3.50. The average molecular weight is 343 g/mol. The molecule has 25 heavy (non-hydrogen) atoms. The number of pyridine rings is 2. The minimum atomic E-state index is 0.977. The molecule has 4 heteroatoms. The smallest absolute Gasteiger partial charge is 0.0964 e. The lowest BCUT2D eigenvalue weighted by Crippen LogP contribution is -1.83. The summed E-state index contributed by atoms with van der Waals surface area (Å²) in [4.78, 5) is 13.1. The van der Waals surface area contributed by atoms with E-state index in [0.29, 0.717) is 0 Å². The molecule has 3 nitrogen and oxygen atoms in total. The zero-order valence-corrected chi connectivity index (χ0v) is 14.7. The second kappa shape index (κ2) is 6.95. The van der Waals surface area contributed by atoms with Crippen molar-refractivity contribution in [1.29, 1.82) is 0 Å². The maximum Gasteiger partial charge on any atom is 0.0964 e. The number of aromatic nitrogens is 3. The standard InChI is InChI=1S/C12H8N2.C9H9NS/c1-3-9-5-6-10-4-2-8-14-12(10)11(9)13-7-1;1-2-9-10-7-5-3-4-6-8(7)11-9/h1-8H;3-6H,2H2,1H3. The van der Waals surface area contributed by atoms with E-state index in [0.717, 1.165) is 33.7 Å². The minimum Gasteiger partial charge on any atom is -0.254 e. The Morgan fingerprint density at radius 3 is 2.00 bits per heavy atom. The molecule has 0 saturated heterocycles. The molecule has 3 aromatic heterocycles. The number of nitrogens with zero attached hydrogens (tertiary/aromatic N) is 3. The van der Waals surface area contributed by atoms with E-state index in [-0.39, 0.29) is 0 Å². The van der Waals surface area contributed by atoms with Gasteiger partial charge in [-0.15, -0.1) is 11.3 Å². The topological polar surface area (TPSA) is 38.7 Å². The first-order valence-electron chi connectivity index (χ1n) is 8.28. The Kier molecular flexibility index (Phi) is 4.36. The lowest BCUT2D eigenvalue weighted by molar-refractivity contribution is 1.11. The Bertz CT molecular complexity index is 1060. The zero-order chi connectivity index (χ0) is 17.1. The van der Waals surface area contributed by atoms with Gasteiger partial charge in [-0.25, -0.2) is 4.98 Å². The molecule has 0 bridgehead atoms. The first kappa shape index (κ1) is 15.7. The molecule has 0 unspecified atom stereocenters. The van der Waals surface area contributed by atoms with Gasteiger partial charge >= 0.3 is 0 Å². The number of thiazole rings is 1. The van der Waals surface area contributed by atoms with Crippen LogP contribution < -0.4 is 0 Å². The molecule has 0 saturated carbocycles. The maximum atomic E-state index is 4.45. The molecular weight excluding hydrogens is 326 g/mol. The first-order valence-corrected chi connectivity index (χ1v) is 9.09. The molecule has 0 aliphatic rings. The summed E-state index contributed by atoms with van der Waals surface area (Å²) >= 11 is 1.79. The lowest BCUT2D eigenvalue weighted by atomic mass is 10.1. The third-order valence-electron chi connectivity index (χ3n) is 3.99. The molecule has 0 fully saturated rings. The van der Waals surface area contributed by atoms with E-state index in [1.165, 1.54) is 9.71 Å². The molecule has 0 atom stereocenters. The van der Waals surface area contributed by atoms with Gasteiger partial charge in [-0.3, -0.25) is 9.97 Å². The highest BCUT2D eigenvalue weighted by molar-refractivity contribution is 7.18. The van der Waals surface area contributed by atoms with Crippen molar-refractivity contribution in [2.75, 3.05) is 0 Å². The van der Waals surface area contributed by atoms with E-state index in [1.807, 2.05) is 18.2 Å². The molecule has 0 aliphatic heterocycles. The average Bonchev–Trinajstić information content (AvgIpc) is 3.12. The predicted octanol–water partition coefficient (Wildman–Crippen LogP) is 5.64. The second-order valence-corrected chi connectivity index (χ2v) is 6.76. The van der Waals surface area contributed by atoms with Crippen LogP contribution in [0.5, 0.6) is 0 Å². The van der Waals surface area contributed by atoms with Gasteiger partial charge in [-0.05, 0) is 30.7 Å². The van der Waals surface area contributed by atoms with Crippen LogP contribution in [0.3, 0.4) is 0 Å². The lowest BCUT2D eigenvalue weighted by Gasteiger charge is -2.00. The van der Waals surface area contributed by atoms with Crippen LogP contribution in [0, 0.1) is 0 Å². The van der Waals surface area contributed by atoms with E-state index in [2.05, 4.69) is 64.3 Å². The van der Waals surface area contributed by atoms with Crippen molar-refractivity contribution >= 4 is 43.4 Å². The fourth-order valence-electron chi connectivity index (χ4n) is 2.75. The van der Waals surface area contributed by atoms with Gasteiger partial charge < -0.3 is 0 Å². The van der Waals surface area contributed by atoms with Crippen LogP contribution in [0.4, 0.5) is 0 Å². The van der Waals surface area contributed by atoms with E-state index in [4.69, 9.17) is 0 Å². The Morgan fingerprint density at radius 1 is 0.760 bits per heavy atom. The third kappa shape index (κ3) is 3.21. The van der Waals surface area contributed by atoms with Crippen LogP contribution in [0.2, 0.25) is 0 Å². The van der Waals surface area contributed by atoms with Crippen molar-refractivity contribution in [3.8, 4) is 0 Å². The number of fused-ring (bicyclic) bond motifs is 4. The molecule has 0 spiro atoms. The summed E-state index contributed by atoms with van der Waals surface area (Å²) in [6.07, 6.45) is 4.65. The van der Waals surface area contributed by atoms with Gasteiger partial charge in [0.1, 0.15) is 0 Å². The monoisotopic (exact) mass is 343 g/mol. The summed E-state index contributed by atoms with van der Waals surface area (Å²) in [5.74, 6) is 0. The summed E-state index contributed by atoms with van der Waals surface area (Å²) < 4.78 is 1.30. The van der Waals surface area contributed by atoms with Crippen molar-refractivity contribution in [1.82, 2.24) is 15.0 Å². The summed E-state index contributed by atoms with van der Waals surface area (Å²) in [6.45, 7) is 2.14. The van der Waals surface area contributed by atoms with Gasteiger partial charge in [0.25, 0.3) is 0 Å². The molecule has 122 valence electrons. The Hall–Kier alpha value is -2.85. The number of hydrogen-bond donors (Lipinski definition) is 0. The summed E-state index contributed by atoms with van der Waals surface area (Å²) in [6, 6.07) is 20.4. The number of rotatable bonds is 1. The highest BCUT2D eigenvalue weighted by Gasteiger charge is 2.00. The van der Waals surface area contributed by atoms with Crippen LogP contribution >= 0.6 is 11.3 Å². The molecule has 3 heterocycles.